The van der Waals surface area contributed by atoms with E-state index >= 15 is 0 Å². The SMILES string of the molecule is CO[C@H]1CC(C)CCc2nc(co2)/C(C)=C/C(O)[C@@H](C)/C=C/C(=O)O[C@@H](/C=C(\C)C/C=C\C[C@](C)(O)C(=O)O)C1O. The summed E-state index contributed by atoms with van der Waals surface area (Å²) >= 11 is 0. The fourth-order valence-electron chi connectivity index (χ4n) is 4.31. The van der Waals surface area contributed by atoms with Gasteiger partial charge in [-0.15, -0.1) is 0 Å². The van der Waals surface area contributed by atoms with Gasteiger partial charge in [-0.25, -0.2) is 14.6 Å². The zero-order valence-corrected chi connectivity index (χ0v) is 24.8. The van der Waals surface area contributed by atoms with E-state index in [0.717, 1.165) is 17.6 Å². The molecular formula is C31H45NO9. The number of esters is 1. The number of cyclic esters (lactones) is 1. The molecule has 10 nitrogen and oxygen atoms in total. The number of aliphatic hydroxyl groups is 3. The minimum atomic E-state index is -1.87. The number of oxazole rings is 1. The van der Waals surface area contributed by atoms with Gasteiger partial charge in [0.1, 0.15) is 24.2 Å². The average Bonchev–Trinajstić information content (AvgIpc) is 3.39. The molecule has 228 valence electrons. The zero-order valence-electron chi connectivity index (χ0n) is 24.8. The van der Waals surface area contributed by atoms with Gasteiger partial charge in [0.15, 0.2) is 11.5 Å². The molecule has 41 heavy (non-hydrogen) atoms. The minimum Gasteiger partial charge on any atom is -0.479 e. The highest BCUT2D eigenvalue weighted by Gasteiger charge is 2.31. The van der Waals surface area contributed by atoms with E-state index in [1.807, 2.05) is 13.8 Å². The lowest BCUT2D eigenvalue weighted by Gasteiger charge is -2.29. The number of methoxy groups -OCH3 is 1. The molecule has 0 saturated heterocycles. The van der Waals surface area contributed by atoms with Crippen LogP contribution in [-0.2, 0) is 25.5 Å². The van der Waals surface area contributed by atoms with Crippen molar-refractivity contribution in [2.45, 2.75) is 96.7 Å². The van der Waals surface area contributed by atoms with Gasteiger partial charge in [-0.2, -0.15) is 0 Å². The molecule has 1 aromatic rings. The predicted molar refractivity (Wildman–Crippen MR) is 154 cm³/mol. The van der Waals surface area contributed by atoms with Crippen molar-refractivity contribution in [1.82, 2.24) is 4.98 Å². The van der Waals surface area contributed by atoms with E-state index in [2.05, 4.69) is 4.98 Å². The first-order valence-corrected chi connectivity index (χ1v) is 13.9. The molecule has 0 radical (unpaired) electrons. The van der Waals surface area contributed by atoms with Crippen molar-refractivity contribution in [1.29, 1.82) is 0 Å². The Balaban J connectivity index is 2.31. The summed E-state index contributed by atoms with van der Waals surface area (Å²) in [7, 11) is 1.50. The number of hydrogen-bond donors (Lipinski definition) is 4. The van der Waals surface area contributed by atoms with Crippen LogP contribution >= 0.6 is 0 Å². The Morgan fingerprint density at radius 2 is 1.98 bits per heavy atom. The number of fused-ring (bicyclic) bond motifs is 2. The van der Waals surface area contributed by atoms with E-state index in [4.69, 9.17) is 19.0 Å². The van der Waals surface area contributed by atoms with Crippen LogP contribution in [-0.4, -0.2) is 74.5 Å². The number of aryl methyl sites for hydroxylation is 1. The summed E-state index contributed by atoms with van der Waals surface area (Å²) in [6.45, 7) is 8.65. The molecule has 0 fully saturated rings. The first-order valence-electron chi connectivity index (χ1n) is 13.9. The number of rotatable bonds is 7. The molecule has 3 unspecified atom stereocenters. The van der Waals surface area contributed by atoms with Gasteiger partial charge in [-0.1, -0.05) is 43.7 Å². The summed E-state index contributed by atoms with van der Waals surface area (Å²) in [5.74, 6) is -1.71. The van der Waals surface area contributed by atoms with Crippen LogP contribution in [0, 0.1) is 11.8 Å². The van der Waals surface area contributed by atoms with Crippen molar-refractivity contribution < 1.29 is 43.9 Å². The Kier molecular flexibility index (Phi) is 13.2. The van der Waals surface area contributed by atoms with Crippen LogP contribution in [0.25, 0.3) is 5.57 Å². The summed E-state index contributed by atoms with van der Waals surface area (Å²) in [5.41, 5.74) is 0.282. The number of aliphatic carboxylic acids is 1. The summed E-state index contributed by atoms with van der Waals surface area (Å²) < 4.78 is 16.9. The summed E-state index contributed by atoms with van der Waals surface area (Å²) in [6, 6.07) is 0. The van der Waals surface area contributed by atoms with Crippen molar-refractivity contribution in [3.63, 3.8) is 0 Å². The minimum absolute atomic E-state index is 0.0708. The lowest BCUT2D eigenvalue weighted by Crippen LogP contribution is -2.41. The second kappa shape index (κ2) is 15.8. The van der Waals surface area contributed by atoms with Gasteiger partial charge in [-0.05, 0) is 57.6 Å². The first-order chi connectivity index (χ1) is 19.2. The molecule has 1 aliphatic rings. The van der Waals surface area contributed by atoms with E-state index in [9.17, 15) is 24.9 Å². The molecule has 0 spiro atoms. The number of ether oxygens (including phenoxy) is 2. The van der Waals surface area contributed by atoms with Crippen LogP contribution < -0.4 is 0 Å². The molecule has 10 heteroatoms. The molecule has 0 aliphatic carbocycles. The van der Waals surface area contributed by atoms with Crippen LogP contribution in [0.4, 0.5) is 0 Å². The summed E-state index contributed by atoms with van der Waals surface area (Å²) in [5, 5.41) is 40.8. The molecule has 1 aromatic heterocycles. The molecule has 1 aliphatic heterocycles. The summed E-state index contributed by atoms with van der Waals surface area (Å²) in [6.07, 6.45) is 9.32. The normalized spacial score (nSPS) is 30.9. The number of aliphatic hydroxyl groups excluding tert-OH is 2. The number of carbonyl (C=O) groups is 2. The average molecular weight is 576 g/mol. The van der Waals surface area contributed by atoms with Gasteiger partial charge >= 0.3 is 11.9 Å². The molecule has 0 aromatic carbocycles. The number of hydrogen-bond acceptors (Lipinski definition) is 9. The Morgan fingerprint density at radius 1 is 1.27 bits per heavy atom. The maximum Gasteiger partial charge on any atom is 0.335 e. The Bertz CT molecular complexity index is 1130. The fourth-order valence-corrected chi connectivity index (χ4v) is 4.31. The maximum absolute atomic E-state index is 12.8. The van der Waals surface area contributed by atoms with E-state index < -0.39 is 47.9 Å². The molecule has 2 rings (SSSR count). The predicted octanol–water partition coefficient (Wildman–Crippen LogP) is 4.01. The number of aromatic nitrogens is 1. The zero-order chi connectivity index (χ0) is 30.7. The van der Waals surface area contributed by atoms with Crippen LogP contribution in [0.3, 0.4) is 0 Å². The Morgan fingerprint density at radius 3 is 2.63 bits per heavy atom. The third-order valence-electron chi connectivity index (χ3n) is 7.24. The highest BCUT2D eigenvalue weighted by molar-refractivity contribution is 5.82. The highest BCUT2D eigenvalue weighted by atomic mass is 16.6. The van der Waals surface area contributed by atoms with Crippen molar-refractivity contribution in [3.05, 3.63) is 59.9 Å². The van der Waals surface area contributed by atoms with E-state index in [-0.39, 0.29) is 12.3 Å². The second-order valence-electron chi connectivity index (χ2n) is 11.2. The van der Waals surface area contributed by atoms with Crippen molar-refractivity contribution in [2.75, 3.05) is 7.11 Å². The lowest BCUT2D eigenvalue weighted by molar-refractivity contribution is -0.156. The van der Waals surface area contributed by atoms with Gasteiger partial charge in [0.25, 0.3) is 0 Å². The Labute approximate surface area is 242 Å². The standard InChI is InChI=1S/C31H45NO9/c1-19(9-7-8-14-31(5,38)30(36)37)16-26-29(35)25(39-6)15-20(2)10-12-27-32-23(18-40-27)22(4)17-24(33)21(3)11-13-28(34)41-26/h7-8,11,13,16-18,20-21,24-26,29,33,35,38H,9-10,12,14-15H2,1-6H3,(H,36,37)/b8-7-,13-11+,19-16+,22-17+/t20?,21-,24?,25-,26-,29?,31-/m0/s1. The van der Waals surface area contributed by atoms with Gasteiger partial charge in [0.2, 0.25) is 0 Å². The molecule has 0 saturated carbocycles. The molecule has 7 atom stereocenters. The number of allylic oxidation sites excluding steroid dienone is 3. The number of nitrogens with zero attached hydrogens (tertiary/aromatic N) is 1. The molecule has 2 bridgehead atoms. The van der Waals surface area contributed by atoms with Crippen LogP contribution in [0.2, 0.25) is 0 Å². The second-order valence-corrected chi connectivity index (χ2v) is 11.2. The van der Waals surface area contributed by atoms with Crippen LogP contribution in [0.1, 0.15) is 71.9 Å². The highest BCUT2D eigenvalue weighted by Crippen LogP contribution is 2.24. The Hall–Kier alpha value is -3.05. The van der Waals surface area contributed by atoms with Crippen molar-refractivity contribution in [3.8, 4) is 0 Å². The first kappa shape index (κ1) is 34.2. The van der Waals surface area contributed by atoms with Crippen molar-refractivity contribution in [2.24, 2.45) is 11.8 Å². The van der Waals surface area contributed by atoms with E-state index in [1.165, 1.54) is 20.1 Å². The third-order valence-corrected chi connectivity index (χ3v) is 7.24. The molecule has 2 heterocycles. The number of carboxylic acids is 1. The van der Waals surface area contributed by atoms with Gasteiger partial charge in [0, 0.05) is 31.9 Å². The van der Waals surface area contributed by atoms with Crippen LogP contribution in [0.5, 0.6) is 0 Å². The van der Waals surface area contributed by atoms with E-state index in [0.29, 0.717) is 30.8 Å². The van der Waals surface area contributed by atoms with E-state index in [1.54, 1.807) is 50.5 Å². The molecule has 0 amide bonds. The number of carbonyl (C=O) groups excluding carboxylic acids is 1. The smallest absolute Gasteiger partial charge is 0.335 e. The van der Waals surface area contributed by atoms with Gasteiger partial charge in [0.05, 0.1) is 12.2 Å². The lowest BCUT2D eigenvalue weighted by atomic mass is 9.93. The van der Waals surface area contributed by atoms with Crippen LogP contribution in [0.15, 0.2) is 52.7 Å². The number of carboxylic acid groups (broad SMARTS) is 1. The van der Waals surface area contributed by atoms with Gasteiger partial charge in [-0.3, -0.25) is 0 Å². The topological polar surface area (TPSA) is 160 Å². The van der Waals surface area contributed by atoms with Gasteiger partial charge < -0.3 is 34.3 Å². The molecule has 4 N–H and O–H groups in total. The summed E-state index contributed by atoms with van der Waals surface area (Å²) in [4.78, 5) is 28.4. The third kappa shape index (κ3) is 11.0. The maximum atomic E-state index is 12.8. The van der Waals surface area contributed by atoms with Crippen molar-refractivity contribution >= 4 is 17.5 Å². The monoisotopic (exact) mass is 575 g/mol. The molecular weight excluding hydrogens is 530 g/mol. The quantitative estimate of drug-likeness (QED) is 0.276. The fraction of sp³-hybridized carbons (Fsp3) is 0.581. The largest absolute Gasteiger partial charge is 0.479 e.